The molecule has 0 aliphatic rings. The SMILES string of the molecule is Cc1ccc(BNCC(C)C)cc1. The average molecular weight is 175 g/mol. The first-order valence-corrected chi connectivity index (χ1v) is 4.94. The van der Waals surface area contributed by atoms with Crippen molar-refractivity contribution in [2.24, 2.45) is 5.92 Å². The van der Waals surface area contributed by atoms with Crippen molar-refractivity contribution in [3.05, 3.63) is 29.8 Å². The van der Waals surface area contributed by atoms with Gasteiger partial charge in [0.2, 0.25) is 7.41 Å². The van der Waals surface area contributed by atoms with Crippen LogP contribution in [0.25, 0.3) is 0 Å². The first-order valence-electron chi connectivity index (χ1n) is 4.94. The second-order valence-corrected chi connectivity index (χ2v) is 4.01. The molecule has 1 N–H and O–H groups in total. The van der Waals surface area contributed by atoms with Gasteiger partial charge in [-0.25, -0.2) is 0 Å². The van der Waals surface area contributed by atoms with Gasteiger partial charge in [0, 0.05) is 0 Å². The monoisotopic (exact) mass is 175 g/mol. The van der Waals surface area contributed by atoms with Gasteiger partial charge in [-0.2, -0.15) is 0 Å². The van der Waals surface area contributed by atoms with Crippen LogP contribution >= 0.6 is 0 Å². The standard InChI is InChI=1S/C11H18BN/c1-9(2)8-13-12-11-6-4-10(3)5-7-11/h4-7,9,12-13H,8H2,1-3H3. The molecule has 0 spiro atoms. The Morgan fingerprint density at radius 3 is 2.38 bits per heavy atom. The van der Waals surface area contributed by atoms with E-state index in [0.29, 0.717) is 0 Å². The van der Waals surface area contributed by atoms with Crippen LogP contribution in [0.1, 0.15) is 19.4 Å². The van der Waals surface area contributed by atoms with Crippen LogP contribution in [-0.4, -0.2) is 14.0 Å². The molecule has 0 amide bonds. The largest absolute Gasteiger partial charge is 0.355 e. The van der Waals surface area contributed by atoms with Gasteiger partial charge in [0.15, 0.2) is 0 Å². The van der Waals surface area contributed by atoms with Crippen LogP contribution in [0.2, 0.25) is 0 Å². The number of nitrogens with one attached hydrogen (secondary N) is 1. The fourth-order valence-corrected chi connectivity index (χ4v) is 1.21. The highest BCUT2D eigenvalue weighted by Gasteiger charge is 1.96. The number of benzene rings is 1. The number of rotatable bonds is 4. The van der Waals surface area contributed by atoms with Crippen molar-refractivity contribution in [1.82, 2.24) is 5.23 Å². The molecule has 0 saturated carbocycles. The zero-order valence-corrected chi connectivity index (χ0v) is 8.80. The van der Waals surface area contributed by atoms with Gasteiger partial charge in [-0.05, 0) is 19.4 Å². The summed E-state index contributed by atoms with van der Waals surface area (Å²) in [5.41, 5.74) is 2.69. The average Bonchev–Trinajstić information content (AvgIpc) is 2.08. The molecule has 0 aliphatic carbocycles. The van der Waals surface area contributed by atoms with E-state index in [-0.39, 0.29) is 0 Å². The second-order valence-electron chi connectivity index (χ2n) is 4.01. The van der Waals surface area contributed by atoms with Gasteiger partial charge in [0.05, 0.1) is 0 Å². The van der Waals surface area contributed by atoms with Crippen LogP contribution in [0.15, 0.2) is 24.3 Å². The molecule has 0 aromatic heterocycles. The third kappa shape index (κ3) is 4.14. The Morgan fingerprint density at radius 2 is 1.85 bits per heavy atom. The van der Waals surface area contributed by atoms with Crippen LogP contribution < -0.4 is 10.7 Å². The van der Waals surface area contributed by atoms with Crippen molar-refractivity contribution in [1.29, 1.82) is 0 Å². The first-order chi connectivity index (χ1) is 6.18. The van der Waals surface area contributed by atoms with Crippen LogP contribution in [0.4, 0.5) is 0 Å². The van der Waals surface area contributed by atoms with Gasteiger partial charge in [-0.3, -0.25) is 0 Å². The maximum absolute atomic E-state index is 3.42. The van der Waals surface area contributed by atoms with Crippen molar-refractivity contribution in [2.45, 2.75) is 20.8 Å². The molecule has 1 nitrogen and oxygen atoms in total. The summed E-state index contributed by atoms with van der Waals surface area (Å²) in [6.07, 6.45) is 0. The van der Waals surface area contributed by atoms with E-state index in [1.54, 1.807) is 0 Å². The Kier molecular flexibility index (Phi) is 4.03. The Labute approximate surface area is 81.8 Å². The molecule has 1 aromatic rings. The summed E-state index contributed by atoms with van der Waals surface area (Å²) in [4.78, 5) is 0. The maximum atomic E-state index is 3.42. The highest BCUT2D eigenvalue weighted by Crippen LogP contribution is 1.91. The molecule has 0 radical (unpaired) electrons. The minimum Gasteiger partial charge on any atom is -0.355 e. The van der Waals surface area contributed by atoms with E-state index in [1.807, 2.05) is 0 Å². The molecule has 2 heteroatoms. The zero-order chi connectivity index (χ0) is 9.68. The molecule has 0 bridgehead atoms. The lowest BCUT2D eigenvalue weighted by molar-refractivity contribution is 0.634. The highest BCUT2D eigenvalue weighted by molar-refractivity contribution is 6.50. The lowest BCUT2D eigenvalue weighted by atomic mass is 9.82. The predicted molar refractivity (Wildman–Crippen MR) is 60.8 cm³/mol. The minimum absolute atomic E-state index is 0.727. The summed E-state index contributed by atoms with van der Waals surface area (Å²) >= 11 is 0. The summed E-state index contributed by atoms with van der Waals surface area (Å²) in [5, 5.41) is 3.42. The molecule has 0 fully saturated rings. The molecule has 0 saturated heterocycles. The Balaban J connectivity index is 2.33. The van der Waals surface area contributed by atoms with E-state index in [2.05, 4.69) is 50.3 Å². The molecule has 0 unspecified atom stereocenters. The van der Waals surface area contributed by atoms with Gasteiger partial charge in [-0.1, -0.05) is 49.1 Å². The van der Waals surface area contributed by atoms with Crippen LogP contribution in [0, 0.1) is 12.8 Å². The molecule has 0 heterocycles. The van der Waals surface area contributed by atoms with Crippen molar-refractivity contribution in [2.75, 3.05) is 6.54 Å². The summed E-state index contributed by atoms with van der Waals surface area (Å²) < 4.78 is 0. The third-order valence-corrected chi connectivity index (χ3v) is 2.00. The van der Waals surface area contributed by atoms with E-state index in [4.69, 9.17) is 0 Å². The number of hydrogen-bond donors (Lipinski definition) is 1. The van der Waals surface area contributed by atoms with E-state index >= 15 is 0 Å². The smallest absolute Gasteiger partial charge is 0.235 e. The minimum atomic E-state index is 0.727. The predicted octanol–water partition coefficient (Wildman–Crippen LogP) is 1.22. The summed E-state index contributed by atoms with van der Waals surface area (Å²) in [6.45, 7) is 7.66. The molecule has 0 aliphatic heterocycles. The second kappa shape index (κ2) is 5.08. The summed E-state index contributed by atoms with van der Waals surface area (Å²) in [6, 6.07) is 8.68. The molecule has 0 atom stereocenters. The topological polar surface area (TPSA) is 12.0 Å². The first kappa shape index (κ1) is 10.3. The van der Waals surface area contributed by atoms with Crippen molar-refractivity contribution >= 4 is 12.9 Å². The van der Waals surface area contributed by atoms with Crippen molar-refractivity contribution < 1.29 is 0 Å². The van der Waals surface area contributed by atoms with Gasteiger partial charge >= 0.3 is 0 Å². The Hall–Kier alpha value is -0.755. The quantitative estimate of drug-likeness (QED) is 0.678. The third-order valence-electron chi connectivity index (χ3n) is 2.00. The van der Waals surface area contributed by atoms with Gasteiger partial charge in [0.1, 0.15) is 0 Å². The highest BCUT2D eigenvalue weighted by atomic mass is 14.7. The Morgan fingerprint density at radius 1 is 1.23 bits per heavy atom. The van der Waals surface area contributed by atoms with Crippen molar-refractivity contribution in [3.63, 3.8) is 0 Å². The van der Waals surface area contributed by atoms with E-state index in [1.165, 1.54) is 11.0 Å². The van der Waals surface area contributed by atoms with Gasteiger partial charge < -0.3 is 5.23 Å². The molecule has 70 valence electrons. The van der Waals surface area contributed by atoms with Crippen LogP contribution in [0.3, 0.4) is 0 Å². The van der Waals surface area contributed by atoms with Crippen LogP contribution in [0.5, 0.6) is 0 Å². The normalized spacial score (nSPS) is 10.5. The zero-order valence-electron chi connectivity index (χ0n) is 8.80. The number of hydrogen-bond acceptors (Lipinski definition) is 1. The summed E-state index contributed by atoms with van der Waals surface area (Å²) in [7, 11) is 0.985. The van der Waals surface area contributed by atoms with Crippen molar-refractivity contribution in [3.8, 4) is 0 Å². The molecule has 1 rings (SSSR count). The number of aryl methyl sites for hydroxylation is 1. The lowest BCUT2D eigenvalue weighted by Gasteiger charge is -2.05. The molecular formula is C11H18BN. The van der Waals surface area contributed by atoms with Gasteiger partial charge in [0.25, 0.3) is 0 Å². The Bertz CT molecular complexity index is 241. The molecular weight excluding hydrogens is 157 g/mol. The van der Waals surface area contributed by atoms with E-state index < -0.39 is 0 Å². The fourth-order valence-electron chi connectivity index (χ4n) is 1.21. The van der Waals surface area contributed by atoms with E-state index in [0.717, 1.165) is 19.9 Å². The molecule has 1 aromatic carbocycles. The van der Waals surface area contributed by atoms with E-state index in [9.17, 15) is 0 Å². The van der Waals surface area contributed by atoms with Gasteiger partial charge in [-0.15, -0.1) is 0 Å². The summed E-state index contributed by atoms with van der Waals surface area (Å²) in [5.74, 6) is 0.727. The fraction of sp³-hybridized carbons (Fsp3) is 0.455. The maximum Gasteiger partial charge on any atom is 0.235 e. The van der Waals surface area contributed by atoms with Crippen LogP contribution in [-0.2, 0) is 0 Å². The molecule has 13 heavy (non-hydrogen) atoms. The lowest BCUT2D eigenvalue weighted by Crippen LogP contribution is -2.32.